The van der Waals surface area contributed by atoms with E-state index in [0.717, 1.165) is 0 Å². The fourth-order valence-electron chi connectivity index (χ4n) is 1.69. The van der Waals surface area contributed by atoms with Gasteiger partial charge in [-0.3, -0.25) is 4.79 Å². The van der Waals surface area contributed by atoms with Gasteiger partial charge < -0.3 is 14.2 Å². The van der Waals surface area contributed by atoms with Crippen LogP contribution in [-0.4, -0.2) is 33.8 Å². The minimum atomic E-state index is -2.28. The van der Waals surface area contributed by atoms with E-state index < -0.39 is 8.56 Å². The van der Waals surface area contributed by atoms with Crippen LogP contribution in [0, 0.1) is 0 Å². The van der Waals surface area contributed by atoms with Crippen LogP contribution >= 0.6 is 0 Å². The van der Waals surface area contributed by atoms with Gasteiger partial charge in [0.2, 0.25) is 0 Å². The number of nitrogens with one attached hydrogen (secondary N) is 1. The number of hydrogen-bond donors (Lipinski definition) is 1. The molecule has 1 amide bonds. The monoisotopic (exact) mass is 267 g/mol. The van der Waals surface area contributed by atoms with Gasteiger partial charge in [0.05, 0.1) is 6.17 Å². The van der Waals surface area contributed by atoms with Crippen molar-refractivity contribution >= 4 is 14.5 Å². The summed E-state index contributed by atoms with van der Waals surface area (Å²) in [7, 11) is -2.28. The van der Waals surface area contributed by atoms with Gasteiger partial charge >= 0.3 is 8.56 Å². The van der Waals surface area contributed by atoms with E-state index in [1.165, 1.54) is 0 Å². The summed E-state index contributed by atoms with van der Waals surface area (Å²) in [6.45, 7) is 7.03. The molecule has 1 aromatic rings. The zero-order chi connectivity index (χ0) is 13.4. The zero-order valence-corrected chi connectivity index (χ0v) is 12.2. The Morgan fingerprint density at radius 3 is 2.22 bits per heavy atom. The summed E-state index contributed by atoms with van der Waals surface area (Å²) in [5.41, 5.74) is 0.654. The topological polar surface area (TPSA) is 47.6 Å². The third kappa shape index (κ3) is 4.60. The SMILES string of the molecule is CCO[Si](C)(CNC(=O)c1ccccc1)OCC. The highest BCUT2D eigenvalue weighted by Crippen LogP contribution is 2.06. The van der Waals surface area contributed by atoms with Crippen LogP contribution in [-0.2, 0) is 8.85 Å². The number of rotatable bonds is 7. The van der Waals surface area contributed by atoms with Gasteiger partial charge in [0, 0.05) is 18.8 Å². The number of hydrogen-bond acceptors (Lipinski definition) is 3. The van der Waals surface area contributed by atoms with E-state index >= 15 is 0 Å². The second-order valence-corrected chi connectivity index (χ2v) is 7.25. The van der Waals surface area contributed by atoms with Crippen LogP contribution in [0.2, 0.25) is 6.55 Å². The van der Waals surface area contributed by atoms with Crippen molar-refractivity contribution in [2.75, 3.05) is 19.4 Å². The summed E-state index contributed by atoms with van der Waals surface area (Å²) in [5, 5.41) is 2.88. The lowest BCUT2D eigenvalue weighted by Gasteiger charge is -2.26. The van der Waals surface area contributed by atoms with Gasteiger partial charge in [-0.05, 0) is 32.5 Å². The standard InChI is InChI=1S/C13H21NO3Si/c1-4-16-18(3,17-5-2)11-14-13(15)12-9-7-6-8-10-12/h6-10H,4-5,11H2,1-3H3,(H,14,15). The number of amides is 1. The van der Waals surface area contributed by atoms with Crippen molar-refractivity contribution in [1.82, 2.24) is 5.32 Å². The first-order valence-corrected chi connectivity index (χ1v) is 8.75. The molecule has 0 radical (unpaired) electrons. The van der Waals surface area contributed by atoms with E-state index in [1.807, 2.05) is 38.6 Å². The lowest BCUT2D eigenvalue weighted by Crippen LogP contribution is -2.50. The maximum atomic E-state index is 11.9. The Labute approximate surface area is 110 Å². The van der Waals surface area contributed by atoms with Crippen LogP contribution in [0.4, 0.5) is 0 Å². The van der Waals surface area contributed by atoms with Crippen molar-refractivity contribution in [2.24, 2.45) is 0 Å². The summed E-state index contributed by atoms with van der Waals surface area (Å²) >= 11 is 0. The van der Waals surface area contributed by atoms with Gasteiger partial charge in [-0.2, -0.15) is 0 Å². The fourth-order valence-corrected chi connectivity index (χ4v) is 3.68. The first kappa shape index (κ1) is 14.9. The molecule has 0 atom stereocenters. The molecule has 1 N–H and O–H groups in total. The van der Waals surface area contributed by atoms with E-state index in [0.29, 0.717) is 24.9 Å². The van der Waals surface area contributed by atoms with Gasteiger partial charge in [0.25, 0.3) is 5.91 Å². The van der Waals surface area contributed by atoms with Crippen LogP contribution in [0.3, 0.4) is 0 Å². The molecule has 0 heterocycles. The van der Waals surface area contributed by atoms with Crippen molar-refractivity contribution in [1.29, 1.82) is 0 Å². The summed E-state index contributed by atoms with van der Waals surface area (Å²) < 4.78 is 11.3. The van der Waals surface area contributed by atoms with Crippen molar-refractivity contribution < 1.29 is 13.6 Å². The molecule has 0 saturated heterocycles. The highest BCUT2D eigenvalue weighted by atomic mass is 28.4. The number of carbonyl (C=O) groups is 1. The lowest BCUT2D eigenvalue weighted by atomic mass is 10.2. The highest BCUT2D eigenvalue weighted by Gasteiger charge is 2.31. The molecule has 0 aromatic heterocycles. The van der Waals surface area contributed by atoms with Gasteiger partial charge in [0.1, 0.15) is 0 Å². The summed E-state index contributed by atoms with van der Waals surface area (Å²) in [6.07, 6.45) is 0.461. The van der Waals surface area contributed by atoms with Crippen LogP contribution in [0.5, 0.6) is 0 Å². The molecule has 0 fully saturated rings. The molecular formula is C13H21NO3Si. The summed E-state index contributed by atoms with van der Waals surface area (Å²) in [4.78, 5) is 11.9. The molecule has 4 nitrogen and oxygen atoms in total. The van der Waals surface area contributed by atoms with E-state index in [1.54, 1.807) is 12.1 Å². The molecule has 0 spiro atoms. The minimum absolute atomic E-state index is 0.0891. The van der Waals surface area contributed by atoms with Crippen molar-refractivity contribution in [3.05, 3.63) is 35.9 Å². The third-order valence-corrected chi connectivity index (χ3v) is 5.12. The molecule has 0 aliphatic heterocycles. The maximum Gasteiger partial charge on any atom is 0.354 e. The molecule has 1 rings (SSSR count). The Bertz CT molecular complexity index is 364. The molecule has 0 unspecified atom stereocenters. The first-order valence-electron chi connectivity index (χ1n) is 6.22. The largest absolute Gasteiger partial charge is 0.394 e. The molecule has 0 aliphatic carbocycles. The molecule has 1 aromatic carbocycles. The Hall–Kier alpha value is -1.17. The van der Waals surface area contributed by atoms with Crippen LogP contribution in [0.1, 0.15) is 24.2 Å². The Balaban J connectivity index is 2.55. The predicted molar refractivity (Wildman–Crippen MR) is 73.6 cm³/mol. The van der Waals surface area contributed by atoms with Crippen molar-refractivity contribution in [3.8, 4) is 0 Å². The number of carbonyl (C=O) groups excluding carboxylic acids is 1. The molecule has 18 heavy (non-hydrogen) atoms. The maximum absolute atomic E-state index is 11.9. The van der Waals surface area contributed by atoms with Crippen molar-refractivity contribution in [3.63, 3.8) is 0 Å². The zero-order valence-electron chi connectivity index (χ0n) is 11.2. The van der Waals surface area contributed by atoms with E-state index in [9.17, 15) is 4.79 Å². The number of benzene rings is 1. The Morgan fingerprint density at radius 2 is 1.72 bits per heavy atom. The first-order chi connectivity index (χ1) is 8.61. The second kappa shape index (κ2) is 7.30. The molecule has 100 valence electrons. The van der Waals surface area contributed by atoms with Crippen LogP contribution in [0.25, 0.3) is 0 Å². The average molecular weight is 267 g/mol. The van der Waals surface area contributed by atoms with Gasteiger partial charge in [-0.1, -0.05) is 18.2 Å². The Kier molecular flexibility index (Phi) is 6.04. The second-order valence-electron chi connectivity index (χ2n) is 4.05. The predicted octanol–water partition coefficient (Wildman–Crippen LogP) is 2.10. The molecule has 0 bridgehead atoms. The van der Waals surface area contributed by atoms with E-state index in [-0.39, 0.29) is 5.91 Å². The van der Waals surface area contributed by atoms with Gasteiger partial charge in [-0.15, -0.1) is 0 Å². The summed E-state index contributed by atoms with van der Waals surface area (Å²) in [6, 6.07) is 9.15. The van der Waals surface area contributed by atoms with Crippen molar-refractivity contribution in [2.45, 2.75) is 20.4 Å². The normalized spacial score (nSPS) is 11.3. The fraction of sp³-hybridized carbons (Fsp3) is 0.462. The smallest absolute Gasteiger partial charge is 0.354 e. The van der Waals surface area contributed by atoms with E-state index in [2.05, 4.69) is 5.32 Å². The highest BCUT2D eigenvalue weighted by molar-refractivity contribution is 6.66. The average Bonchev–Trinajstić information content (AvgIpc) is 2.38. The molecular weight excluding hydrogens is 246 g/mol. The summed E-state index contributed by atoms with van der Waals surface area (Å²) in [5.74, 6) is -0.0891. The van der Waals surface area contributed by atoms with Crippen LogP contribution < -0.4 is 5.32 Å². The van der Waals surface area contributed by atoms with Crippen LogP contribution in [0.15, 0.2) is 30.3 Å². The molecule has 0 saturated carbocycles. The Morgan fingerprint density at radius 1 is 1.17 bits per heavy atom. The lowest BCUT2D eigenvalue weighted by molar-refractivity contribution is 0.0949. The van der Waals surface area contributed by atoms with Gasteiger partial charge in [-0.25, -0.2) is 0 Å². The quantitative estimate of drug-likeness (QED) is 0.770. The minimum Gasteiger partial charge on any atom is -0.394 e. The third-order valence-electron chi connectivity index (χ3n) is 2.51. The molecule has 5 heteroatoms. The van der Waals surface area contributed by atoms with Gasteiger partial charge in [0.15, 0.2) is 0 Å². The molecule has 0 aliphatic rings. The van der Waals surface area contributed by atoms with E-state index in [4.69, 9.17) is 8.85 Å².